The average Bonchev–Trinajstić information content (AvgIpc) is 2.24. The van der Waals surface area contributed by atoms with Crippen molar-refractivity contribution in [1.29, 1.82) is 0 Å². The Bertz CT molecular complexity index is 335. The predicted molar refractivity (Wildman–Crippen MR) is 58.5 cm³/mol. The van der Waals surface area contributed by atoms with E-state index in [4.69, 9.17) is 0 Å². The molecule has 1 N–H and O–H groups in total. The van der Waals surface area contributed by atoms with Gasteiger partial charge in [-0.1, -0.05) is 0 Å². The Kier molecular flexibility index (Phi) is 4.86. The molecule has 0 amide bonds. The van der Waals surface area contributed by atoms with Crippen LogP contribution in [0.2, 0.25) is 0 Å². The van der Waals surface area contributed by atoms with E-state index in [2.05, 4.69) is 15.3 Å². The molecule has 6 heteroatoms. The van der Waals surface area contributed by atoms with Crippen LogP contribution in [0.25, 0.3) is 0 Å². The maximum Gasteiger partial charge on any atom is 0.389 e. The molecule has 96 valence electrons. The smallest absolute Gasteiger partial charge is 0.310 e. The number of hydrogen-bond donors (Lipinski definition) is 1. The maximum atomic E-state index is 12.0. The topological polar surface area (TPSA) is 37.8 Å². The summed E-state index contributed by atoms with van der Waals surface area (Å²) < 4.78 is 36.0. The van der Waals surface area contributed by atoms with Gasteiger partial charge in [-0.15, -0.1) is 0 Å². The molecule has 0 radical (unpaired) electrons. The minimum Gasteiger partial charge on any atom is -0.310 e. The Morgan fingerprint density at radius 2 is 1.88 bits per heavy atom. The van der Waals surface area contributed by atoms with Gasteiger partial charge in [-0.3, -0.25) is 0 Å². The van der Waals surface area contributed by atoms with E-state index in [0.29, 0.717) is 12.2 Å². The van der Waals surface area contributed by atoms with Crippen molar-refractivity contribution >= 4 is 0 Å². The molecule has 1 atom stereocenters. The first-order chi connectivity index (χ1) is 7.92. The third-order valence-corrected chi connectivity index (χ3v) is 2.41. The van der Waals surface area contributed by atoms with Crippen LogP contribution in [0.3, 0.4) is 0 Å². The second kappa shape index (κ2) is 5.95. The van der Waals surface area contributed by atoms with Crippen LogP contribution in [0, 0.1) is 6.92 Å². The summed E-state index contributed by atoms with van der Waals surface area (Å²) in [5, 5.41) is 2.93. The number of nitrogens with zero attached hydrogens (tertiary/aromatic N) is 2. The third kappa shape index (κ3) is 5.12. The summed E-state index contributed by atoms with van der Waals surface area (Å²) in [6.45, 7) is 1.86. The Hall–Kier alpha value is -1.17. The van der Waals surface area contributed by atoms with Crippen molar-refractivity contribution in [1.82, 2.24) is 15.3 Å². The largest absolute Gasteiger partial charge is 0.389 e. The zero-order valence-electron chi connectivity index (χ0n) is 9.88. The Morgan fingerprint density at radius 3 is 2.35 bits per heavy atom. The molecule has 0 spiro atoms. The predicted octanol–water partition coefficient (Wildman–Crippen LogP) is 2.78. The molecular weight excluding hydrogens is 231 g/mol. The van der Waals surface area contributed by atoms with Crippen molar-refractivity contribution in [2.45, 2.75) is 38.4 Å². The van der Waals surface area contributed by atoms with Crippen molar-refractivity contribution in [2.24, 2.45) is 0 Å². The van der Waals surface area contributed by atoms with E-state index in [1.165, 1.54) is 0 Å². The van der Waals surface area contributed by atoms with Gasteiger partial charge < -0.3 is 5.32 Å². The lowest BCUT2D eigenvalue weighted by atomic mass is 10.1. The zero-order chi connectivity index (χ0) is 12.9. The number of aromatic nitrogens is 2. The molecule has 0 aromatic carbocycles. The summed E-state index contributed by atoms with van der Waals surface area (Å²) in [5.41, 5.74) is 0.930. The number of alkyl halides is 3. The van der Waals surface area contributed by atoms with Gasteiger partial charge in [0.25, 0.3) is 0 Å². The first-order valence-electron chi connectivity index (χ1n) is 5.45. The quantitative estimate of drug-likeness (QED) is 0.869. The van der Waals surface area contributed by atoms with Crippen molar-refractivity contribution in [3.05, 3.63) is 23.8 Å². The van der Waals surface area contributed by atoms with Crippen molar-refractivity contribution in [2.75, 3.05) is 7.05 Å². The van der Waals surface area contributed by atoms with Crippen molar-refractivity contribution < 1.29 is 13.2 Å². The zero-order valence-corrected chi connectivity index (χ0v) is 9.88. The number of aryl methyl sites for hydroxylation is 1. The van der Waals surface area contributed by atoms with Gasteiger partial charge in [0.15, 0.2) is 0 Å². The highest BCUT2D eigenvalue weighted by molar-refractivity contribution is 5.04. The van der Waals surface area contributed by atoms with Gasteiger partial charge in [0.2, 0.25) is 0 Å². The lowest BCUT2D eigenvalue weighted by Gasteiger charge is -2.15. The van der Waals surface area contributed by atoms with Crippen LogP contribution in [0.5, 0.6) is 0 Å². The van der Waals surface area contributed by atoms with Crippen LogP contribution in [0.15, 0.2) is 12.4 Å². The van der Waals surface area contributed by atoms with Crippen LogP contribution >= 0.6 is 0 Å². The number of nitrogens with one attached hydrogen (secondary N) is 1. The van der Waals surface area contributed by atoms with Gasteiger partial charge in [-0.2, -0.15) is 13.2 Å². The minimum atomic E-state index is -4.09. The van der Waals surface area contributed by atoms with Gasteiger partial charge in [-0.05, 0) is 32.4 Å². The first-order valence-corrected chi connectivity index (χ1v) is 5.45. The number of rotatable bonds is 5. The van der Waals surface area contributed by atoms with Crippen molar-refractivity contribution in [3.8, 4) is 0 Å². The van der Waals surface area contributed by atoms with Crippen LogP contribution in [-0.2, 0) is 0 Å². The second-order valence-corrected chi connectivity index (χ2v) is 3.97. The molecule has 0 aliphatic carbocycles. The lowest BCUT2D eigenvalue weighted by Crippen LogP contribution is -2.20. The number of halogens is 3. The third-order valence-electron chi connectivity index (χ3n) is 2.41. The lowest BCUT2D eigenvalue weighted by molar-refractivity contribution is -0.135. The molecule has 1 aromatic heterocycles. The monoisotopic (exact) mass is 247 g/mol. The average molecular weight is 247 g/mol. The highest BCUT2D eigenvalue weighted by Gasteiger charge is 2.27. The molecule has 0 saturated heterocycles. The van der Waals surface area contributed by atoms with Crippen LogP contribution in [0.4, 0.5) is 13.2 Å². The molecule has 3 nitrogen and oxygen atoms in total. The molecule has 0 aliphatic heterocycles. The molecule has 0 bridgehead atoms. The summed E-state index contributed by atoms with van der Waals surface area (Å²) >= 11 is 0. The standard InChI is InChI=1S/C11H16F3N3/c1-8-6-16-10(17-7-8)9(15-2)4-3-5-11(12,13)14/h6-7,9,15H,3-5H2,1-2H3. The van der Waals surface area contributed by atoms with E-state index in [1.807, 2.05) is 6.92 Å². The summed E-state index contributed by atoms with van der Waals surface area (Å²) in [6.07, 6.45) is -1.08. The van der Waals surface area contributed by atoms with Gasteiger partial charge in [0.1, 0.15) is 5.82 Å². The Balaban J connectivity index is 2.51. The summed E-state index contributed by atoms with van der Waals surface area (Å²) in [7, 11) is 1.70. The Morgan fingerprint density at radius 1 is 1.29 bits per heavy atom. The molecule has 0 saturated carbocycles. The van der Waals surface area contributed by atoms with E-state index in [1.54, 1.807) is 19.4 Å². The fourth-order valence-corrected chi connectivity index (χ4v) is 1.49. The SMILES string of the molecule is CNC(CCCC(F)(F)F)c1ncc(C)cn1. The van der Waals surface area contributed by atoms with Crippen LogP contribution < -0.4 is 5.32 Å². The second-order valence-electron chi connectivity index (χ2n) is 3.97. The number of hydrogen-bond acceptors (Lipinski definition) is 3. The molecular formula is C11H16F3N3. The highest BCUT2D eigenvalue weighted by atomic mass is 19.4. The molecule has 0 fully saturated rings. The van der Waals surface area contributed by atoms with E-state index in [0.717, 1.165) is 5.56 Å². The van der Waals surface area contributed by atoms with E-state index < -0.39 is 12.6 Å². The maximum absolute atomic E-state index is 12.0. The van der Waals surface area contributed by atoms with E-state index in [9.17, 15) is 13.2 Å². The molecule has 1 rings (SSSR count). The molecule has 1 heterocycles. The Labute approximate surface area is 98.5 Å². The van der Waals surface area contributed by atoms with Crippen LogP contribution in [0.1, 0.15) is 36.7 Å². The molecule has 1 unspecified atom stereocenters. The summed E-state index contributed by atoms with van der Waals surface area (Å²) in [5.74, 6) is 0.542. The van der Waals surface area contributed by atoms with Gasteiger partial charge in [0.05, 0.1) is 6.04 Å². The first kappa shape index (κ1) is 13.9. The molecule has 1 aromatic rings. The van der Waals surface area contributed by atoms with Gasteiger partial charge in [-0.25, -0.2) is 9.97 Å². The molecule has 0 aliphatic rings. The van der Waals surface area contributed by atoms with Gasteiger partial charge >= 0.3 is 6.18 Å². The van der Waals surface area contributed by atoms with Crippen molar-refractivity contribution in [3.63, 3.8) is 0 Å². The minimum absolute atomic E-state index is 0.0756. The van der Waals surface area contributed by atoms with E-state index >= 15 is 0 Å². The summed E-state index contributed by atoms with van der Waals surface area (Å²) in [6, 6.07) is -0.224. The highest BCUT2D eigenvalue weighted by Crippen LogP contribution is 2.25. The summed E-state index contributed by atoms with van der Waals surface area (Å²) in [4.78, 5) is 8.22. The fraction of sp³-hybridized carbons (Fsp3) is 0.636. The normalized spacial score (nSPS) is 13.7. The fourth-order valence-electron chi connectivity index (χ4n) is 1.49. The molecule has 17 heavy (non-hydrogen) atoms. The van der Waals surface area contributed by atoms with Gasteiger partial charge in [0, 0.05) is 18.8 Å². The van der Waals surface area contributed by atoms with E-state index in [-0.39, 0.29) is 12.5 Å². The van der Waals surface area contributed by atoms with Crippen LogP contribution in [-0.4, -0.2) is 23.2 Å².